The van der Waals surface area contributed by atoms with Crippen molar-refractivity contribution in [3.8, 4) is 0 Å². The molecule has 0 fully saturated rings. The van der Waals surface area contributed by atoms with Gasteiger partial charge in [-0.05, 0) is 0 Å². The van der Waals surface area contributed by atoms with E-state index in [-0.39, 0.29) is 16.5 Å². The molecule has 2 N–H and O–H groups in total. The van der Waals surface area contributed by atoms with Gasteiger partial charge >= 0.3 is 5.69 Å². The summed E-state index contributed by atoms with van der Waals surface area (Å²) in [6, 6.07) is 0. The van der Waals surface area contributed by atoms with Crippen LogP contribution in [0.3, 0.4) is 0 Å². The van der Waals surface area contributed by atoms with Gasteiger partial charge in [0.2, 0.25) is 5.82 Å². The molecule has 2 aromatic heterocycles. The summed E-state index contributed by atoms with van der Waals surface area (Å²) in [5.74, 6) is 0.408. The fraction of sp³-hybridized carbons (Fsp3) is 0.455. The molecular formula is C11H16N6O2. The molecule has 0 saturated carbocycles. The van der Waals surface area contributed by atoms with E-state index in [2.05, 4.69) is 20.6 Å². The van der Waals surface area contributed by atoms with Crippen molar-refractivity contribution in [1.82, 2.24) is 20.0 Å². The third-order valence-electron chi connectivity index (χ3n) is 2.79. The summed E-state index contributed by atoms with van der Waals surface area (Å²) in [6.45, 7) is 4.22. The van der Waals surface area contributed by atoms with E-state index < -0.39 is 0 Å². The zero-order chi connectivity index (χ0) is 14.0. The van der Waals surface area contributed by atoms with Crippen LogP contribution in [0.2, 0.25) is 0 Å². The van der Waals surface area contributed by atoms with Gasteiger partial charge in [-0.1, -0.05) is 13.8 Å². The van der Waals surface area contributed by atoms with E-state index in [1.165, 1.54) is 4.68 Å². The molecule has 0 unspecified atom stereocenters. The van der Waals surface area contributed by atoms with E-state index in [9.17, 15) is 10.1 Å². The fourth-order valence-corrected chi connectivity index (χ4v) is 1.86. The lowest BCUT2D eigenvalue weighted by Gasteiger charge is -2.04. The average Bonchev–Trinajstić information content (AvgIpc) is 2.93. The van der Waals surface area contributed by atoms with Gasteiger partial charge in [0.15, 0.2) is 0 Å². The van der Waals surface area contributed by atoms with Crippen molar-refractivity contribution in [2.45, 2.75) is 26.3 Å². The lowest BCUT2D eigenvalue weighted by Crippen LogP contribution is -2.06. The maximum atomic E-state index is 11.2. The molecular weight excluding hydrogens is 248 g/mol. The van der Waals surface area contributed by atoms with Crippen LogP contribution in [0.5, 0.6) is 0 Å². The van der Waals surface area contributed by atoms with E-state index in [0.29, 0.717) is 18.1 Å². The highest BCUT2D eigenvalue weighted by atomic mass is 16.6. The number of aryl methyl sites for hydroxylation is 1. The second kappa shape index (κ2) is 5.09. The molecule has 2 rings (SSSR count). The molecule has 0 aromatic carbocycles. The fourth-order valence-electron chi connectivity index (χ4n) is 1.86. The smallest absolute Gasteiger partial charge is 0.334 e. The van der Waals surface area contributed by atoms with E-state index >= 15 is 0 Å². The highest BCUT2D eigenvalue weighted by Crippen LogP contribution is 2.32. The van der Waals surface area contributed by atoms with Crippen LogP contribution in [0, 0.1) is 10.1 Å². The average molecular weight is 264 g/mol. The van der Waals surface area contributed by atoms with Crippen LogP contribution in [0.4, 0.5) is 11.5 Å². The number of nitro groups is 1. The van der Waals surface area contributed by atoms with Gasteiger partial charge in [-0.15, -0.1) is 0 Å². The zero-order valence-electron chi connectivity index (χ0n) is 11.0. The van der Waals surface area contributed by atoms with Gasteiger partial charge < -0.3 is 5.32 Å². The molecule has 102 valence electrons. The Morgan fingerprint density at radius 2 is 2.32 bits per heavy atom. The quantitative estimate of drug-likeness (QED) is 0.633. The molecule has 0 aliphatic heterocycles. The van der Waals surface area contributed by atoms with Crippen LogP contribution in [0.1, 0.15) is 31.0 Å². The minimum absolute atomic E-state index is 0.00363. The first-order valence-electron chi connectivity index (χ1n) is 5.93. The second-order valence-corrected chi connectivity index (χ2v) is 4.58. The Hall–Kier alpha value is -2.38. The Kier molecular flexibility index (Phi) is 3.50. The van der Waals surface area contributed by atoms with Crippen molar-refractivity contribution in [2.75, 3.05) is 5.32 Å². The molecule has 0 atom stereocenters. The number of nitrogens with one attached hydrogen (secondary N) is 2. The molecule has 2 aromatic rings. The zero-order valence-corrected chi connectivity index (χ0v) is 11.0. The van der Waals surface area contributed by atoms with Gasteiger partial charge in [0.05, 0.1) is 11.1 Å². The topological polar surface area (TPSA) is 102 Å². The second-order valence-electron chi connectivity index (χ2n) is 4.58. The Morgan fingerprint density at radius 3 is 2.84 bits per heavy atom. The van der Waals surface area contributed by atoms with Crippen LogP contribution in [-0.4, -0.2) is 24.9 Å². The number of nitrogens with zero attached hydrogens (tertiary/aromatic N) is 4. The molecule has 8 nitrogen and oxygen atoms in total. The number of rotatable bonds is 5. The van der Waals surface area contributed by atoms with Gasteiger partial charge in [0, 0.05) is 31.3 Å². The van der Waals surface area contributed by atoms with E-state index in [1.54, 1.807) is 19.4 Å². The van der Waals surface area contributed by atoms with E-state index in [1.807, 2.05) is 13.8 Å². The minimum Gasteiger partial charge on any atom is -0.360 e. The number of aromatic nitrogens is 4. The predicted octanol–water partition coefficient (Wildman–Crippen LogP) is 1.79. The van der Waals surface area contributed by atoms with E-state index in [0.717, 1.165) is 5.56 Å². The van der Waals surface area contributed by atoms with Gasteiger partial charge in [0.1, 0.15) is 5.69 Å². The SMILES string of the molecule is CC(C)c1nn(C)c(NCc2cn[nH]c2)c1[N+](=O)[O-]. The monoisotopic (exact) mass is 264 g/mol. The van der Waals surface area contributed by atoms with Gasteiger partial charge in [-0.25, -0.2) is 4.68 Å². The van der Waals surface area contributed by atoms with Crippen molar-refractivity contribution in [2.24, 2.45) is 7.05 Å². The molecule has 0 radical (unpaired) electrons. The predicted molar refractivity (Wildman–Crippen MR) is 69.9 cm³/mol. The van der Waals surface area contributed by atoms with Gasteiger partial charge in [-0.3, -0.25) is 15.2 Å². The number of aromatic amines is 1. The third-order valence-corrected chi connectivity index (χ3v) is 2.79. The van der Waals surface area contributed by atoms with Crippen molar-refractivity contribution in [3.63, 3.8) is 0 Å². The Morgan fingerprint density at radius 1 is 1.58 bits per heavy atom. The maximum Gasteiger partial charge on any atom is 0.334 e. The summed E-state index contributed by atoms with van der Waals surface area (Å²) in [5, 5.41) is 25.0. The van der Waals surface area contributed by atoms with Gasteiger partial charge in [-0.2, -0.15) is 10.2 Å². The summed E-state index contributed by atoms with van der Waals surface area (Å²) in [6.07, 6.45) is 3.40. The summed E-state index contributed by atoms with van der Waals surface area (Å²) in [5.41, 5.74) is 1.45. The van der Waals surface area contributed by atoms with Crippen molar-refractivity contribution >= 4 is 11.5 Å². The standard InChI is InChI=1S/C11H16N6O2/c1-7(2)9-10(17(18)19)11(16(3)15-9)12-4-8-5-13-14-6-8/h5-7,12H,4H2,1-3H3,(H,13,14). The van der Waals surface area contributed by atoms with Crippen LogP contribution in [-0.2, 0) is 13.6 Å². The Labute approximate surface area is 110 Å². The van der Waals surface area contributed by atoms with Crippen molar-refractivity contribution < 1.29 is 4.92 Å². The molecule has 0 amide bonds. The molecule has 0 saturated heterocycles. The minimum atomic E-state index is -0.389. The normalized spacial score (nSPS) is 10.9. The van der Waals surface area contributed by atoms with E-state index in [4.69, 9.17) is 0 Å². The Balaban J connectivity index is 2.30. The first kappa shape index (κ1) is 13.1. The highest BCUT2D eigenvalue weighted by Gasteiger charge is 2.28. The van der Waals surface area contributed by atoms with Crippen LogP contribution >= 0.6 is 0 Å². The molecule has 2 heterocycles. The lowest BCUT2D eigenvalue weighted by molar-refractivity contribution is -0.384. The first-order valence-corrected chi connectivity index (χ1v) is 5.93. The maximum absolute atomic E-state index is 11.2. The molecule has 19 heavy (non-hydrogen) atoms. The molecule has 0 bridgehead atoms. The number of H-pyrrole nitrogens is 1. The lowest BCUT2D eigenvalue weighted by atomic mass is 10.1. The molecule has 0 spiro atoms. The molecule has 8 heteroatoms. The molecule has 0 aliphatic rings. The molecule has 0 aliphatic carbocycles. The van der Waals surface area contributed by atoms with Crippen LogP contribution < -0.4 is 5.32 Å². The van der Waals surface area contributed by atoms with Crippen molar-refractivity contribution in [1.29, 1.82) is 0 Å². The number of hydrogen-bond acceptors (Lipinski definition) is 5. The van der Waals surface area contributed by atoms with Gasteiger partial charge in [0.25, 0.3) is 0 Å². The summed E-state index contributed by atoms with van der Waals surface area (Å²) in [7, 11) is 1.69. The number of anilines is 1. The Bertz CT molecular complexity index is 572. The largest absolute Gasteiger partial charge is 0.360 e. The highest BCUT2D eigenvalue weighted by molar-refractivity contribution is 5.60. The summed E-state index contributed by atoms with van der Waals surface area (Å²) < 4.78 is 1.51. The first-order chi connectivity index (χ1) is 9.00. The third kappa shape index (κ3) is 2.56. The summed E-state index contributed by atoms with van der Waals surface area (Å²) in [4.78, 5) is 10.8. The summed E-state index contributed by atoms with van der Waals surface area (Å²) >= 11 is 0. The van der Waals surface area contributed by atoms with Crippen molar-refractivity contribution in [3.05, 3.63) is 33.8 Å². The van der Waals surface area contributed by atoms with Crippen LogP contribution in [0.25, 0.3) is 0 Å². The van der Waals surface area contributed by atoms with Crippen LogP contribution in [0.15, 0.2) is 12.4 Å². The number of hydrogen-bond donors (Lipinski definition) is 2.